The lowest BCUT2D eigenvalue weighted by Crippen LogP contribution is -2.35. The number of sulfonamides is 1. The molecule has 0 radical (unpaired) electrons. The zero-order chi connectivity index (χ0) is 25.1. The Morgan fingerprint density at radius 3 is 2.58 bits per heavy atom. The highest BCUT2D eigenvalue weighted by atomic mass is 32.2. The van der Waals surface area contributed by atoms with E-state index in [1.165, 1.54) is 28.6 Å². The zero-order valence-electron chi connectivity index (χ0n) is 20.1. The Kier molecular flexibility index (Phi) is 7.65. The molecule has 0 bridgehead atoms. The van der Waals surface area contributed by atoms with Gasteiger partial charge in [0.2, 0.25) is 15.9 Å². The molecule has 5 rings (SSSR count). The number of thioether (sulfide) groups is 1. The molecule has 2 N–H and O–H groups in total. The molecule has 2 saturated heterocycles. The number of carbonyl (C=O) groups is 2. The monoisotopic (exact) mass is 533 g/mol. The topological polar surface area (TPSA) is 123 Å². The number of benzene rings is 1. The van der Waals surface area contributed by atoms with Crippen LogP contribution in [0.15, 0.2) is 29.2 Å². The van der Waals surface area contributed by atoms with Gasteiger partial charge in [0, 0.05) is 48.9 Å². The predicted octanol–water partition coefficient (Wildman–Crippen LogP) is 2.35. The van der Waals surface area contributed by atoms with Crippen molar-refractivity contribution < 1.29 is 22.7 Å². The number of hydrogen-bond donors (Lipinski definition) is 2. The highest BCUT2D eigenvalue weighted by Gasteiger charge is 2.28. The molecule has 0 spiro atoms. The van der Waals surface area contributed by atoms with Crippen LogP contribution in [0.2, 0.25) is 0 Å². The van der Waals surface area contributed by atoms with E-state index >= 15 is 0 Å². The molecule has 0 aliphatic carbocycles. The maximum absolute atomic E-state index is 13.1. The number of carbonyl (C=O) groups excluding carboxylic acids is 2. The molecule has 10 nitrogen and oxygen atoms in total. The number of piperidine rings is 1. The molecule has 4 heterocycles. The number of ether oxygens (including phenoxy) is 1. The van der Waals surface area contributed by atoms with E-state index in [9.17, 15) is 18.0 Å². The van der Waals surface area contributed by atoms with Crippen molar-refractivity contribution >= 4 is 39.4 Å². The van der Waals surface area contributed by atoms with Crippen molar-refractivity contribution in [3.05, 3.63) is 41.1 Å². The third-order valence-electron chi connectivity index (χ3n) is 6.76. The summed E-state index contributed by atoms with van der Waals surface area (Å²) in [5.41, 5.74) is 2.12. The first-order valence-electron chi connectivity index (χ1n) is 12.4. The lowest BCUT2D eigenvalue weighted by molar-refractivity contribution is -0.122. The summed E-state index contributed by atoms with van der Waals surface area (Å²) in [5, 5.41) is 10.4. The van der Waals surface area contributed by atoms with Crippen molar-refractivity contribution in [2.45, 2.75) is 61.2 Å². The Balaban J connectivity index is 1.27. The molecule has 1 unspecified atom stereocenters. The Labute approximate surface area is 215 Å². The van der Waals surface area contributed by atoms with Gasteiger partial charge < -0.3 is 15.4 Å². The molecule has 36 heavy (non-hydrogen) atoms. The van der Waals surface area contributed by atoms with Crippen molar-refractivity contribution in [2.24, 2.45) is 0 Å². The first-order valence-corrected chi connectivity index (χ1v) is 15.0. The molecule has 12 heteroatoms. The van der Waals surface area contributed by atoms with Crippen LogP contribution < -0.4 is 10.6 Å². The molecular formula is C24H31N5O5S2. The molecule has 2 fully saturated rings. The molecule has 1 aromatic carbocycles. The second kappa shape index (κ2) is 10.9. The maximum Gasteiger partial charge on any atom is 0.256 e. The number of nitrogens with one attached hydrogen (secondary N) is 2. The fourth-order valence-corrected chi connectivity index (χ4v) is 7.31. The average Bonchev–Trinajstić information content (AvgIpc) is 3.63. The minimum Gasteiger partial charge on any atom is -0.376 e. The number of rotatable bonds is 8. The molecule has 194 valence electrons. The summed E-state index contributed by atoms with van der Waals surface area (Å²) in [6.07, 6.45) is 4.76. The van der Waals surface area contributed by atoms with Crippen LogP contribution >= 0.6 is 11.8 Å². The second-order valence-electron chi connectivity index (χ2n) is 9.31. The molecule has 1 atom stereocenters. The highest BCUT2D eigenvalue weighted by molar-refractivity contribution is 7.98. The van der Waals surface area contributed by atoms with E-state index in [1.807, 2.05) is 0 Å². The van der Waals surface area contributed by atoms with Crippen LogP contribution in [0.3, 0.4) is 0 Å². The minimum absolute atomic E-state index is 0.00693. The lowest BCUT2D eigenvalue weighted by Gasteiger charge is -2.25. The van der Waals surface area contributed by atoms with E-state index in [2.05, 4.69) is 15.7 Å². The highest BCUT2D eigenvalue weighted by Crippen LogP contribution is 2.35. The van der Waals surface area contributed by atoms with Crippen LogP contribution in [0.4, 0.5) is 5.82 Å². The van der Waals surface area contributed by atoms with Gasteiger partial charge in [-0.25, -0.2) is 13.1 Å². The number of nitrogens with zero attached hydrogens (tertiary/aromatic N) is 3. The van der Waals surface area contributed by atoms with Crippen molar-refractivity contribution in [1.82, 2.24) is 19.4 Å². The quantitative estimate of drug-likeness (QED) is 0.534. The van der Waals surface area contributed by atoms with Gasteiger partial charge in [0.25, 0.3) is 5.91 Å². The van der Waals surface area contributed by atoms with Gasteiger partial charge in [0.1, 0.15) is 12.4 Å². The third kappa shape index (κ3) is 5.46. The van der Waals surface area contributed by atoms with Gasteiger partial charge >= 0.3 is 0 Å². The first-order chi connectivity index (χ1) is 17.4. The van der Waals surface area contributed by atoms with E-state index in [-0.39, 0.29) is 29.4 Å². The minimum atomic E-state index is -3.56. The predicted molar refractivity (Wildman–Crippen MR) is 136 cm³/mol. The zero-order valence-corrected chi connectivity index (χ0v) is 21.7. The smallest absolute Gasteiger partial charge is 0.256 e. The summed E-state index contributed by atoms with van der Waals surface area (Å²) >= 11 is 1.70. The Morgan fingerprint density at radius 1 is 1.08 bits per heavy atom. The molecular weight excluding hydrogens is 502 g/mol. The van der Waals surface area contributed by atoms with Crippen molar-refractivity contribution in [1.29, 1.82) is 0 Å². The van der Waals surface area contributed by atoms with Crippen LogP contribution in [0.1, 0.15) is 53.7 Å². The van der Waals surface area contributed by atoms with Gasteiger partial charge in [-0.1, -0.05) is 6.42 Å². The number of amides is 2. The second-order valence-corrected chi connectivity index (χ2v) is 12.2. The van der Waals surface area contributed by atoms with Crippen LogP contribution in [0, 0.1) is 0 Å². The fourth-order valence-electron chi connectivity index (χ4n) is 4.76. The first kappa shape index (κ1) is 25.2. The molecule has 1 aromatic heterocycles. The van der Waals surface area contributed by atoms with E-state index in [1.54, 1.807) is 16.4 Å². The Morgan fingerprint density at radius 2 is 1.86 bits per heavy atom. The summed E-state index contributed by atoms with van der Waals surface area (Å²) in [6, 6.07) is 6.01. The van der Waals surface area contributed by atoms with Crippen LogP contribution in [0.25, 0.3) is 0 Å². The standard InChI is InChI=1S/C24H31N5O5S2/c30-22(25-13-18-5-4-12-34-18)14-29-23(20-15-35-16-21(20)27-29)26-24(31)17-6-8-19(9-7-17)36(32,33)28-10-2-1-3-11-28/h6-9,18H,1-5,10-16H2,(H,25,30)(H,26,31). The summed E-state index contributed by atoms with van der Waals surface area (Å²) in [5.74, 6) is 1.37. The van der Waals surface area contributed by atoms with Crippen LogP contribution in [-0.4, -0.2) is 66.7 Å². The van der Waals surface area contributed by atoms with E-state index in [0.29, 0.717) is 36.8 Å². The molecule has 2 amide bonds. The average molecular weight is 534 g/mol. The van der Waals surface area contributed by atoms with E-state index < -0.39 is 10.0 Å². The van der Waals surface area contributed by atoms with E-state index in [0.717, 1.165) is 55.7 Å². The summed E-state index contributed by atoms with van der Waals surface area (Å²) in [4.78, 5) is 25.8. The largest absolute Gasteiger partial charge is 0.376 e. The van der Waals surface area contributed by atoms with Crippen LogP contribution in [0.5, 0.6) is 0 Å². The molecule has 0 saturated carbocycles. The van der Waals surface area contributed by atoms with Gasteiger partial charge in [0.15, 0.2) is 0 Å². The summed E-state index contributed by atoms with van der Waals surface area (Å²) < 4.78 is 34.4. The van der Waals surface area contributed by atoms with Gasteiger partial charge in [-0.05, 0) is 49.9 Å². The van der Waals surface area contributed by atoms with Crippen molar-refractivity contribution in [3.63, 3.8) is 0 Å². The fraction of sp³-hybridized carbons (Fsp3) is 0.542. The molecule has 2 aromatic rings. The lowest BCUT2D eigenvalue weighted by atomic mass is 10.2. The summed E-state index contributed by atoms with van der Waals surface area (Å²) in [6.45, 7) is 2.24. The Hall–Kier alpha value is -2.41. The van der Waals surface area contributed by atoms with Crippen molar-refractivity contribution in [2.75, 3.05) is 31.6 Å². The number of hydrogen-bond acceptors (Lipinski definition) is 7. The van der Waals surface area contributed by atoms with Crippen molar-refractivity contribution in [3.8, 4) is 0 Å². The molecule has 3 aliphatic rings. The number of aromatic nitrogens is 2. The third-order valence-corrected chi connectivity index (χ3v) is 9.65. The van der Waals surface area contributed by atoms with E-state index in [4.69, 9.17) is 4.74 Å². The van der Waals surface area contributed by atoms with Gasteiger partial charge in [-0.2, -0.15) is 21.2 Å². The van der Waals surface area contributed by atoms with Gasteiger partial charge in [-0.3, -0.25) is 9.59 Å². The Bertz CT molecular complexity index is 1220. The summed E-state index contributed by atoms with van der Waals surface area (Å²) in [7, 11) is -3.56. The molecule has 3 aliphatic heterocycles. The normalized spacial score (nSPS) is 20.3. The maximum atomic E-state index is 13.1. The SMILES string of the molecule is O=C(Cn1nc2c(c1NC(=O)c1ccc(S(=O)(=O)N3CCCCC3)cc1)CSC2)NCC1CCCO1. The number of anilines is 1. The van der Waals surface area contributed by atoms with Crippen LogP contribution in [-0.2, 0) is 37.6 Å². The van der Waals surface area contributed by atoms with Gasteiger partial charge in [-0.15, -0.1) is 0 Å². The number of fused-ring (bicyclic) bond motifs is 1. The van der Waals surface area contributed by atoms with Gasteiger partial charge in [0.05, 0.1) is 16.7 Å².